The number of nitrogens with zero attached hydrogens (tertiary/aromatic N) is 1. The zero-order valence-electron chi connectivity index (χ0n) is 11.1. The van der Waals surface area contributed by atoms with Crippen LogP contribution in [0.1, 0.15) is 23.4 Å². The number of thiophene rings is 1. The van der Waals surface area contributed by atoms with Gasteiger partial charge in [0.15, 0.2) is 0 Å². The van der Waals surface area contributed by atoms with Crippen molar-refractivity contribution in [1.29, 1.82) is 0 Å². The van der Waals surface area contributed by atoms with Crippen LogP contribution in [0.15, 0.2) is 27.3 Å². The van der Waals surface area contributed by atoms with Gasteiger partial charge < -0.3 is 10.3 Å². The molecule has 0 amide bonds. The van der Waals surface area contributed by atoms with Gasteiger partial charge in [0.05, 0.1) is 16.7 Å². The van der Waals surface area contributed by atoms with Crippen LogP contribution in [0.2, 0.25) is 0 Å². The van der Waals surface area contributed by atoms with Crippen molar-refractivity contribution in [3.63, 3.8) is 0 Å². The highest BCUT2D eigenvalue weighted by atomic mass is 79.9. The summed E-state index contributed by atoms with van der Waals surface area (Å²) >= 11 is 4.79. The predicted octanol–water partition coefficient (Wildman–Crippen LogP) is 1.96. The maximum Gasteiger partial charge on any atom is 0.242 e. The van der Waals surface area contributed by atoms with Crippen LogP contribution >= 0.6 is 27.3 Å². The molecule has 0 radical (unpaired) electrons. The largest absolute Gasteiger partial charge is 0.347 e. The fraction of sp³-hybridized carbons (Fsp3) is 0.417. The van der Waals surface area contributed by atoms with Crippen LogP contribution in [0.5, 0.6) is 0 Å². The zero-order chi connectivity index (χ0) is 14.9. The van der Waals surface area contributed by atoms with Gasteiger partial charge in [-0.15, -0.1) is 11.3 Å². The lowest BCUT2D eigenvalue weighted by Gasteiger charge is -2.04. The minimum atomic E-state index is -3.53. The van der Waals surface area contributed by atoms with Gasteiger partial charge in [-0.2, -0.15) is 0 Å². The smallest absolute Gasteiger partial charge is 0.242 e. The highest BCUT2D eigenvalue weighted by Gasteiger charge is 2.23. The van der Waals surface area contributed by atoms with Crippen molar-refractivity contribution in [1.82, 2.24) is 20.0 Å². The van der Waals surface area contributed by atoms with E-state index in [0.717, 1.165) is 10.6 Å². The molecule has 0 saturated heterocycles. The highest BCUT2D eigenvalue weighted by molar-refractivity contribution is 9.11. The first-order chi connectivity index (χ1) is 10.0. The zero-order valence-corrected chi connectivity index (χ0v) is 14.3. The molecule has 0 spiro atoms. The summed E-state index contributed by atoms with van der Waals surface area (Å²) in [5.41, 5.74) is 0.723. The van der Waals surface area contributed by atoms with Gasteiger partial charge in [0.1, 0.15) is 4.90 Å². The Hall–Kier alpha value is -0.740. The molecular weight excluding hydrogens is 376 g/mol. The van der Waals surface area contributed by atoms with Crippen molar-refractivity contribution >= 4 is 37.3 Å². The molecule has 1 saturated carbocycles. The second-order valence-corrected chi connectivity index (χ2v) is 9.10. The maximum atomic E-state index is 12.3. The van der Waals surface area contributed by atoms with E-state index in [4.69, 9.17) is 0 Å². The van der Waals surface area contributed by atoms with E-state index in [1.54, 1.807) is 12.3 Å². The summed E-state index contributed by atoms with van der Waals surface area (Å²) in [6.07, 6.45) is 5.54. The summed E-state index contributed by atoms with van der Waals surface area (Å²) in [5.74, 6) is 0. The lowest BCUT2D eigenvalue weighted by molar-refractivity contribution is 0.580. The van der Waals surface area contributed by atoms with E-state index in [0.29, 0.717) is 21.3 Å². The van der Waals surface area contributed by atoms with Crippen LogP contribution in [0.25, 0.3) is 0 Å². The van der Waals surface area contributed by atoms with Crippen molar-refractivity contribution in [3.8, 4) is 0 Å². The van der Waals surface area contributed by atoms with Gasteiger partial charge in [-0.05, 0) is 34.8 Å². The first-order valence-corrected chi connectivity index (χ1v) is 9.62. The summed E-state index contributed by atoms with van der Waals surface area (Å²) in [6, 6.07) is 2.32. The van der Waals surface area contributed by atoms with Crippen molar-refractivity contribution in [2.75, 3.05) is 0 Å². The molecule has 0 aromatic carbocycles. The summed E-state index contributed by atoms with van der Waals surface area (Å²) < 4.78 is 27.8. The number of aromatic nitrogens is 2. The molecule has 6 nitrogen and oxygen atoms in total. The average Bonchev–Trinajstić information content (AvgIpc) is 2.97. The molecule has 2 aromatic rings. The summed E-state index contributed by atoms with van der Waals surface area (Å²) in [7, 11) is -3.53. The third kappa shape index (κ3) is 3.92. The molecule has 1 aliphatic rings. The van der Waals surface area contributed by atoms with E-state index >= 15 is 0 Å². The van der Waals surface area contributed by atoms with Crippen molar-refractivity contribution < 1.29 is 8.42 Å². The van der Waals surface area contributed by atoms with E-state index in [1.165, 1.54) is 30.5 Å². The van der Waals surface area contributed by atoms with Gasteiger partial charge in [-0.1, -0.05) is 0 Å². The summed E-state index contributed by atoms with van der Waals surface area (Å²) in [6.45, 7) is 0.907. The number of aromatic amines is 1. The molecule has 1 fully saturated rings. The molecule has 3 rings (SSSR count). The van der Waals surface area contributed by atoms with Gasteiger partial charge >= 0.3 is 0 Å². The number of H-pyrrole nitrogens is 1. The Kier molecular flexibility index (Phi) is 4.46. The van der Waals surface area contributed by atoms with E-state index in [9.17, 15) is 8.42 Å². The maximum absolute atomic E-state index is 12.3. The van der Waals surface area contributed by atoms with Gasteiger partial charge in [0.25, 0.3) is 0 Å². The number of hydrogen-bond acceptors (Lipinski definition) is 5. The molecule has 21 heavy (non-hydrogen) atoms. The number of nitrogens with one attached hydrogen (secondary N) is 3. The Balaban J connectivity index is 1.68. The number of halogens is 1. The van der Waals surface area contributed by atoms with E-state index in [-0.39, 0.29) is 6.54 Å². The molecule has 3 N–H and O–H groups in total. The molecular formula is C12H15BrN4O2S2. The number of sulfonamides is 1. The fourth-order valence-electron chi connectivity index (χ4n) is 1.83. The topological polar surface area (TPSA) is 86.9 Å². The van der Waals surface area contributed by atoms with Crippen LogP contribution in [0.3, 0.4) is 0 Å². The molecule has 9 heteroatoms. The average molecular weight is 391 g/mol. The Morgan fingerprint density at radius 2 is 2.24 bits per heavy atom. The number of rotatable bonds is 7. The van der Waals surface area contributed by atoms with Crippen LogP contribution in [-0.4, -0.2) is 24.4 Å². The third-order valence-electron chi connectivity index (χ3n) is 3.15. The third-order valence-corrected chi connectivity index (χ3v) is 6.80. The Morgan fingerprint density at radius 3 is 2.90 bits per heavy atom. The Morgan fingerprint density at radius 1 is 1.43 bits per heavy atom. The molecule has 0 unspecified atom stereocenters. The first kappa shape index (κ1) is 15.2. The minimum Gasteiger partial charge on any atom is -0.347 e. The van der Waals surface area contributed by atoms with Crippen molar-refractivity contribution in [2.24, 2.45) is 0 Å². The van der Waals surface area contributed by atoms with Crippen LogP contribution in [0.4, 0.5) is 0 Å². The molecule has 1 aliphatic carbocycles. The minimum absolute atomic E-state index is 0.195. The number of hydrogen-bond donors (Lipinski definition) is 3. The lowest BCUT2D eigenvalue weighted by atomic mass is 10.4. The Labute approximate surface area is 135 Å². The second-order valence-electron chi connectivity index (χ2n) is 4.91. The van der Waals surface area contributed by atoms with Crippen LogP contribution in [0, 0.1) is 0 Å². The normalized spacial score (nSPS) is 15.5. The van der Waals surface area contributed by atoms with Crippen LogP contribution in [-0.2, 0) is 23.1 Å². The van der Waals surface area contributed by atoms with Crippen molar-refractivity contribution in [3.05, 3.63) is 32.9 Å². The highest BCUT2D eigenvalue weighted by Crippen LogP contribution is 2.32. The van der Waals surface area contributed by atoms with Gasteiger partial charge in [0.2, 0.25) is 10.0 Å². The van der Waals surface area contributed by atoms with Crippen molar-refractivity contribution in [2.45, 2.75) is 36.9 Å². The molecule has 114 valence electrons. The molecule has 2 aromatic heterocycles. The lowest BCUT2D eigenvalue weighted by Crippen LogP contribution is -2.23. The second kappa shape index (κ2) is 6.17. The Bertz CT molecular complexity index is 708. The van der Waals surface area contributed by atoms with Gasteiger partial charge in [0, 0.05) is 29.4 Å². The summed E-state index contributed by atoms with van der Waals surface area (Å²) in [5, 5.41) is 3.38. The van der Waals surface area contributed by atoms with Gasteiger partial charge in [-0.25, -0.2) is 18.1 Å². The van der Waals surface area contributed by atoms with E-state index in [2.05, 4.69) is 35.9 Å². The molecule has 0 aliphatic heterocycles. The fourth-order valence-corrected chi connectivity index (χ4v) is 5.47. The SMILES string of the molecule is O=S(=O)(NCc1cnc[nH]1)c1cc(CNC2CC2)sc1Br. The molecule has 0 atom stereocenters. The summed E-state index contributed by atoms with van der Waals surface area (Å²) in [4.78, 5) is 8.02. The standard InChI is InChI=1S/C12H15BrN4O2S2/c13-12-11(3-10(20-12)6-15-8-1-2-8)21(18,19)17-5-9-4-14-7-16-9/h3-4,7-8,15,17H,1-2,5-6H2,(H,14,16). The first-order valence-electron chi connectivity index (χ1n) is 6.53. The number of imidazole rings is 1. The predicted molar refractivity (Wildman–Crippen MR) is 84.5 cm³/mol. The molecule has 0 bridgehead atoms. The van der Waals surface area contributed by atoms with E-state index in [1.807, 2.05) is 0 Å². The van der Waals surface area contributed by atoms with Crippen LogP contribution < -0.4 is 10.0 Å². The van der Waals surface area contributed by atoms with E-state index < -0.39 is 10.0 Å². The quantitative estimate of drug-likeness (QED) is 0.674. The molecule has 2 heterocycles. The monoisotopic (exact) mass is 390 g/mol. The van der Waals surface area contributed by atoms with Gasteiger partial charge in [-0.3, -0.25) is 0 Å².